The monoisotopic (exact) mass is 325 g/mol. The van der Waals surface area contributed by atoms with E-state index in [1.807, 2.05) is 63.2 Å². The van der Waals surface area contributed by atoms with E-state index in [-0.39, 0.29) is 25.0 Å². The Morgan fingerprint density at radius 1 is 1.12 bits per heavy atom. The molecule has 126 valence electrons. The first-order valence-corrected chi connectivity index (χ1v) is 8.03. The Labute approximate surface area is 142 Å². The second kappa shape index (κ2) is 8.29. The Morgan fingerprint density at radius 2 is 1.83 bits per heavy atom. The first-order valence-electron chi connectivity index (χ1n) is 8.03. The maximum Gasteiger partial charge on any atom is 0.315 e. The van der Waals surface area contributed by atoms with E-state index >= 15 is 0 Å². The number of carbonyl (C=O) groups excluding carboxylic acids is 2. The zero-order chi connectivity index (χ0) is 17.5. The van der Waals surface area contributed by atoms with Crippen molar-refractivity contribution in [2.75, 3.05) is 6.61 Å². The van der Waals surface area contributed by atoms with Gasteiger partial charge in [-0.3, -0.25) is 9.59 Å². The van der Waals surface area contributed by atoms with Crippen LogP contribution in [0.5, 0.6) is 0 Å². The van der Waals surface area contributed by atoms with E-state index in [0.717, 1.165) is 21.9 Å². The van der Waals surface area contributed by atoms with Crippen molar-refractivity contribution in [2.45, 2.75) is 33.2 Å². The third kappa shape index (κ3) is 4.95. The van der Waals surface area contributed by atoms with Crippen LogP contribution in [0, 0.1) is 0 Å². The number of allylic oxidation sites excluding steroid dienone is 1. The van der Waals surface area contributed by atoms with Gasteiger partial charge in [-0.2, -0.15) is 0 Å². The molecule has 4 heteroatoms. The third-order valence-electron chi connectivity index (χ3n) is 3.71. The van der Waals surface area contributed by atoms with Gasteiger partial charge >= 0.3 is 5.97 Å². The van der Waals surface area contributed by atoms with Crippen molar-refractivity contribution in [2.24, 2.45) is 0 Å². The van der Waals surface area contributed by atoms with Crippen LogP contribution in [0.1, 0.15) is 38.8 Å². The van der Waals surface area contributed by atoms with Crippen LogP contribution in [-0.2, 0) is 14.3 Å². The molecule has 1 atom stereocenters. The van der Waals surface area contributed by atoms with Crippen LogP contribution in [0.25, 0.3) is 10.8 Å². The molecule has 2 rings (SSSR count). The molecule has 1 N–H and O–H groups in total. The number of fused-ring (bicyclic) bond motifs is 1. The van der Waals surface area contributed by atoms with Gasteiger partial charge in [0.2, 0.25) is 5.91 Å². The highest BCUT2D eigenvalue weighted by molar-refractivity contribution is 5.95. The summed E-state index contributed by atoms with van der Waals surface area (Å²) in [5, 5.41) is 5.08. The lowest BCUT2D eigenvalue weighted by Crippen LogP contribution is -2.29. The molecule has 0 aliphatic heterocycles. The fourth-order valence-corrected chi connectivity index (χ4v) is 2.48. The zero-order valence-electron chi connectivity index (χ0n) is 14.3. The van der Waals surface area contributed by atoms with Crippen LogP contribution in [0.2, 0.25) is 0 Å². The maximum absolute atomic E-state index is 12.0. The summed E-state index contributed by atoms with van der Waals surface area (Å²) in [6, 6.07) is 13.8. The second-order valence-corrected chi connectivity index (χ2v) is 6.00. The van der Waals surface area contributed by atoms with Gasteiger partial charge < -0.3 is 10.1 Å². The molecule has 0 radical (unpaired) electrons. The predicted octanol–water partition coefficient (Wildman–Crippen LogP) is 3.92. The molecule has 0 fully saturated rings. The van der Waals surface area contributed by atoms with E-state index in [9.17, 15) is 9.59 Å². The number of carbonyl (C=O) groups is 2. The second-order valence-electron chi connectivity index (χ2n) is 6.00. The lowest BCUT2D eigenvalue weighted by molar-refractivity contribution is -0.145. The van der Waals surface area contributed by atoms with Crippen molar-refractivity contribution in [1.82, 2.24) is 5.32 Å². The summed E-state index contributed by atoms with van der Waals surface area (Å²) in [5.41, 5.74) is 2.09. The van der Waals surface area contributed by atoms with Crippen LogP contribution < -0.4 is 5.32 Å². The smallest absolute Gasteiger partial charge is 0.315 e. The minimum Gasteiger partial charge on any atom is -0.461 e. The van der Waals surface area contributed by atoms with Crippen LogP contribution >= 0.6 is 0 Å². The molecule has 0 unspecified atom stereocenters. The van der Waals surface area contributed by atoms with Crippen molar-refractivity contribution in [3.8, 4) is 0 Å². The quantitative estimate of drug-likeness (QED) is 0.497. The molecule has 24 heavy (non-hydrogen) atoms. The molecule has 0 saturated heterocycles. The Kier molecular flexibility index (Phi) is 6.13. The third-order valence-corrected chi connectivity index (χ3v) is 3.71. The number of rotatable bonds is 6. The minimum absolute atomic E-state index is 0.186. The van der Waals surface area contributed by atoms with Crippen molar-refractivity contribution in [1.29, 1.82) is 0 Å². The van der Waals surface area contributed by atoms with Crippen LogP contribution in [-0.4, -0.2) is 18.5 Å². The minimum atomic E-state index is -0.518. The van der Waals surface area contributed by atoms with Gasteiger partial charge in [0.25, 0.3) is 0 Å². The van der Waals surface area contributed by atoms with Gasteiger partial charge in [0.1, 0.15) is 13.0 Å². The van der Waals surface area contributed by atoms with E-state index < -0.39 is 5.97 Å². The Bertz CT molecular complexity index is 755. The molecule has 4 nitrogen and oxygen atoms in total. The highest BCUT2D eigenvalue weighted by Gasteiger charge is 2.15. The van der Waals surface area contributed by atoms with Crippen LogP contribution in [0.15, 0.2) is 54.1 Å². The summed E-state index contributed by atoms with van der Waals surface area (Å²) < 4.78 is 5.00. The number of benzene rings is 2. The van der Waals surface area contributed by atoms with Crippen LogP contribution in [0.3, 0.4) is 0 Å². The SMILES string of the molecule is CC(C)=CCOC(=O)CC(=O)N[C@H](C)c1cccc2ccccc12. The fourth-order valence-electron chi connectivity index (χ4n) is 2.48. The fraction of sp³-hybridized carbons (Fsp3) is 0.300. The van der Waals surface area contributed by atoms with Crippen molar-refractivity contribution in [3.05, 3.63) is 59.7 Å². The lowest BCUT2D eigenvalue weighted by Gasteiger charge is -2.16. The van der Waals surface area contributed by atoms with Crippen LogP contribution in [0.4, 0.5) is 0 Å². The summed E-state index contributed by atoms with van der Waals surface area (Å²) in [6.45, 7) is 5.96. The number of hydrogen-bond acceptors (Lipinski definition) is 3. The molecule has 2 aromatic rings. The molecule has 2 aromatic carbocycles. The maximum atomic E-state index is 12.0. The first-order chi connectivity index (χ1) is 11.5. The average Bonchev–Trinajstić information content (AvgIpc) is 2.53. The molecule has 0 aromatic heterocycles. The molecule has 0 heterocycles. The molecule has 0 bridgehead atoms. The van der Waals surface area contributed by atoms with Gasteiger partial charge in [-0.25, -0.2) is 0 Å². The number of ether oxygens (including phenoxy) is 1. The zero-order valence-corrected chi connectivity index (χ0v) is 14.3. The topological polar surface area (TPSA) is 55.4 Å². The molecule has 0 aliphatic carbocycles. The number of hydrogen-bond donors (Lipinski definition) is 1. The van der Waals surface area contributed by atoms with E-state index in [1.54, 1.807) is 6.08 Å². The lowest BCUT2D eigenvalue weighted by atomic mass is 9.99. The van der Waals surface area contributed by atoms with Gasteiger partial charge in [-0.05, 0) is 43.2 Å². The predicted molar refractivity (Wildman–Crippen MR) is 95.5 cm³/mol. The summed E-state index contributed by atoms with van der Waals surface area (Å²) in [6.07, 6.45) is 1.53. The number of nitrogens with one attached hydrogen (secondary N) is 1. The van der Waals surface area contributed by atoms with Gasteiger partial charge in [0.15, 0.2) is 0 Å². The average molecular weight is 325 g/mol. The van der Waals surface area contributed by atoms with Gasteiger partial charge in [-0.15, -0.1) is 0 Å². The van der Waals surface area contributed by atoms with Gasteiger partial charge in [0, 0.05) is 0 Å². The van der Waals surface area contributed by atoms with E-state index in [1.165, 1.54) is 0 Å². The van der Waals surface area contributed by atoms with E-state index in [4.69, 9.17) is 4.74 Å². The highest BCUT2D eigenvalue weighted by Crippen LogP contribution is 2.24. The first kappa shape index (κ1) is 17.7. The van der Waals surface area contributed by atoms with Gasteiger partial charge in [-0.1, -0.05) is 48.0 Å². The number of esters is 1. The largest absolute Gasteiger partial charge is 0.461 e. The standard InChI is InChI=1S/C20H23NO3/c1-14(2)11-12-24-20(23)13-19(22)21-15(3)17-10-6-8-16-7-4-5-9-18(16)17/h4-11,15H,12-13H2,1-3H3,(H,21,22)/t15-/m1/s1. The van der Waals surface area contributed by atoms with Gasteiger partial charge in [0.05, 0.1) is 6.04 Å². The summed E-state index contributed by atoms with van der Waals surface area (Å²) in [4.78, 5) is 23.7. The molecule has 0 saturated carbocycles. The highest BCUT2D eigenvalue weighted by atomic mass is 16.5. The number of amides is 1. The molecule has 0 spiro atoms. The van der Waals surface area contributed by atoms with E-state index in [2.05, 4.69) is 5.32 Å². The molecular formula is C20H23NO3. The van der Waals surface area contributed by atoms with Crippen molar-refractivity contribution >= 4 is 22.6 Å². The van der Waals surface area contributed by atoms with E-state index in [0.29, 0.717) is 0 Å². The summed E-state index contributed by atoms with van der Waals surface area (Å²) in [5.74, 6) is -0.854. The molecular weight excluding hydrogens is 302 g/mol. The molecule has 1 amide bonds. The summed E-state index contributed by atoms with van der Waals surface area (Å²) in [7, 11) is 0. The summed E-state index contributed by atoms with van der Waals surface area (Å²) >= 11 is 0. The molecule has 0 aliphatic rings. The van der Waals surface area contributed by atoms with Crippen molar-refractivity contribution in [3.63, 3.8) is 0 Å². The normalized spacial score (nSPS) is 11.6. The Balaban J connectivity index is 1.96. The Morgan fingerprint density at radius 3 is 2.58 bits per heavy atom. The van der Waals surface area contributed by atoms with Crippen molar-refractivity contribution < 1.29 is 14.3 Å². The Hall–Kier alpha value is -2.62.